The molecule has 0 saturated heterocycles. The highest BCUT2D eigenvalue weighted by Gasteiger charge is 1.97. The standard InChI is InChI=1S/C9H10N4S/c1-7-3-2-4-8(11-7)5-13-6-10-12-9(13)14/h2-4,6H,5H2,1H3,(H,12,14). The van der Waals surface area contributed by atoms with E-state index in [2.05, 4.69) is 15.2 Å². The van der Waals surface area contributed by atoms with Crippen molar-refractivity contribution >= 4 is 12.2 Å². The Morgan fingerprint density at radius 3 is 3.00 bits per heavy atom. The Hall–Kier alpha value is -1.49. The topological polar surface area (TPSA) is 46.5 Å². The Balaban J connectivity index is 2.27. The molecule has 2 heterocycles. The van der Waals surface area contributed by atoms with Crippen LogP contribution in [0.5, 0.6) is 0 Å². The van der Waals surface area contributed by atoms with Crippen molar-refractivity contribution < 1.29 is 0 Å². The summed E-state index contributed by atoms with van der Waals surface area (Å²) in [4.78, 5) is 4.38. The SMILES string of the molecule is Cc1cccc(Cn2cn[nH]c2=S)n1. The maximum Gasteiger partial charge on any atom is 0.195 e. The fourth-order valence-corrected chi connectivity index (χ4v) is 1.41. The molecule has 0 saturated carbocycles. The van der Waals surface area contributed by atoms with E-state index in [0.717, 1.165) is 11.4 Å². The molecular weight excluding hydrogens is 196 g/mol. The molecule has 0 bridgehead atoms. The van der Waals surface area contributed by atoms with Crippen LogP contribution in [0.4, 0.5) is 0 Å². The molecule has 0 radical (unpaired) electrons. The number of H-pyrrole nitrogens is 1. The molecule has 0 aliphatic heterocycles. The summed E-state index contributed by atoms with van der Waals surface area (Å²) in [6.07, 6.45) is 1.67. The van der Waals surface area contributed by atoms with Crippen LogP contribution in [0.1, 0.15) is 11.4 Å². The van der Waals surface area contributed by atoms with E-state index < -0.39 is 0 Å². The van der Waals surface area contributed by atoms with Gasteiger partial charge in [0.25, 0.3) is 0 Å². The second-order valence-corrected chi connectivity index (χ2v) is 3.45. The van der Waals surface area contributed by atoms with Crippen LogP contribution in [0.25, 0.3) is 0 Å². The normalized spacial score (nSPS) is 10.4. The van der Waals surface area contributed by atoms with Gasteiger partial charge in [0.1, 0.15) is 6.33 Å². The number of rotatable bonds is 2. The number of nitrogens with zero attached hydrogens (tertiary/aromatic N) is 3. The minimum atomic E-state index is 0.619. The molecule has 14 heavy (non-hydrogen) atoms. The number of pyridine rings is 1. The van der Waals surface area contributed by atoms with Crippen molar-refractivity contribution in [3.63, 3.8) is 0 Å². The molecule has 0 aliphatic rings. The Bertz CT molecular complexity index is 485. The van der Waals surface area contributed by atoms with Gasteiger partial charge in [-0.3, -0.25) is 10.1 Å². The zero-order valence-corrected chi connectivity index (χ0v) is 8.58. The van der Waals surface area contributed by atoms with Gasteiger partial charge in [0, 0.05) is 5.69 Å². The van der Waals surface area contributed by atoms with Gasteiger partial charge in [-0.05, 0) is 31.3 Å². The lowest BCUT2D eigenvalue weighted by atomic mass is 10.3. The van der Waals surface area contributed by atoms with Gasteiger partial charge in [-0.15, -0.1) is 0 Å². The van der Waals surface area contributed by atoms with Gasteiger partial charge in [0.05, 0.1) is 12.2 Å². The molecule has 4 nitrogen and oxygen atoms in total. The molecule has 5 heteroatoms. The van der Waals surface area contributed by atoms with Crippen LogP contribution in [-0.2, 0) is 6.54 Å². The third kappa shape index (κ3) is 1.88. The quantitative estimate of drug-likeness (QED) is 0.761. The zero-order chi connectivity index (χ0) is 9.97. The molecule has 0 atom stereocenters. The van der Waals surface area contributed by atoms with Gasteiger partial charge in [0.15, 0.2) is 4.77 Å². The predicted molar refractivity (Wildman–Crippen MR) is 55.5 cm³/mol. The molecule has 0 unspecified atom stereocenters. The lowest BCUT2D eigenvalue weighted by molar-refractivity contribution is 0.756. The second kappa shape index (κ2) is 3.71. The van der Waals surface area contributed by atoms with Crippen LogP contribution in [-0.4, -0.2) is 19.7 Å². The number of aryl methyl sites for hydroxylation is 1. The first kappa shape index (κ1) is 9.08. The van der Waals surface area contributed by atoms with Crippen LogP contribution < -0.4 is 0 Å². The predicted octanol–water partition coefficient (Wildman–Crippen LogP) is 1.69. The van der Waals surface area contributed by atoms with Gasteiger partial charge in [0.2, 0.25) is 0 Å². The van der Waals surface area contributed by atoms with Gasteiger partial charge in [-0.2, -0.15) is 5.10 Å². The van der Waals surface area contributed by atoms with Gasteiger partial charge in [-0.1, -0.05) is 6.07 Å². The van der Waals surface area contributed by atoms with E-state index in [-0.39, 0.29) is 0 Å². The Labute approximate surface area is 86.6 Å². The molecule has 2 rings (SSSR count). The molecule has 0 fully saturated rings. The summed E-state index contributed by atoms with van der Waals surface area (Å²) in [7, 11) is 0. The fraction of sp³-hybridized carbons (Fsp3) is 0.222. The molecular formula is C9H10N4S. The maximum absolute atomic E-state index is 5.03. The van der Waals surface area contributed by atoms with Crippen LogP contribution in [0.15, 0.2) is 24.5 Å². The molecule has 0 spiro atoms. The monoisotopic (exact) mass is 206 g/mol. The van der Waals surface area contributed by atoms with Crippen molar-refractivity contribution in [3.05, 3.63) is 40.7 Å². The van der Waals surface area contributed by atoms with E-state index >= 15 is 0 Å². The van der Waals surface area contributed by atoms with E-state index in [1.54, 1.807) is 6.33 Å². The minimum absolute atomic E-state index is 0.619. The summed E-state index contributed by atoms with van der Waals surface area (Å²) < 4.78 is 2.46. The highest BCUT2D eigenvalue weighted by Crippen LogP contribution is 2.01. The highest BCUT2D eigenvalue weighted by molar-refractivity contribution is 7.71. The molecule has 0 amide bonds. The van der Waals surface area contributed by atoms with Crippen molar-refractivity contribution in [2.24, 2.45) is 0 Å². The third-order valence-corrected chi connectivity index (χ3v) is 2.22. The summed E-state index contributed by atoms with van der Waals surface area (Å²) >= 11 is 5.03. The number of aromatic nitrogens is 4. The molecule has 2 aromatic heterocycles. The summed E-state index contributed by atoms with van der Waals surface area (Å²) in [6.45, 7) is 2.63. The largest absolute Gasteiger partial charge is 0.301 e. The summed E-state index contributed by atoms with van der Waals surface area (Å²) in [5.74, 6) is 0. The smallest absolute Gasteiger partial charge is 0.195 e. The highest BCUT2D eigenvalue weighted by atomic mass is 32.1. The lowest BCUT2D eigenvalue weighted by Gasteiger charge is -2.01. The summed E-state index contributed by atoms with van der Waals surface area (Å²) in [6, 6.07) is 5.93. The van der Waals surface area contributed by atoms with Crippen LogP contribution in [0.3, 0.4) is 0 Å². The summed E-state index contributed by atoms with van der Waals surface area (Å²) in [5, 5.41) is 6.55. The zero-order valence-electron chi connectivity index (χ0n) is 7.77. The van der Waals surface area contributed by atoms with E-state index in [1.165, 1.54) is 0 Å². The molecule has 72 valence electrons. The molecule has 1 N–H and O–H groups in total. The molecule has 0 aromatic carbocycles. The Kier molecular flexibility index (Phi) is 2.41. The average molecular weight is 206 g/mol. The Morgan fingerprint density at radius 1 is 1.50 bits per heavy atom. The van der Waals surface area contributed by atoms with Gasteiger partial charge >= 0.3 is 0 Å². The first-order chi connectivity index (χ1) is 6.75. The van der Waals surface area contributed by atoms with Crippen molar-refractivity contribution in [2.75, 3.05) is 0 Å². The van der Waals surface area contributed by atoms with E-state index in [4.69, 9.17) is 12.2 Å². The minimum Gasteiger partial charge on any atom is -0.301 e. The second-order valence-electron chi connectivity index (χ2n) is 3.06. The molecule has 2 aromatic rings. The third-order valence-electron chi connectivity index (χ3n) is 1.90. The van der Waals surface area contributed by atoms with E-state index in [0.29, 0.717) is 11.3 Å². The first-order valence-corrected chi connectivity index (χ1v) is 4.69. The number of hydrogen-bond donors (Lipinski definition) is 1. The number of nitrogens with one attached hydrogen (secondary N) is 1. The van der Waals surface area contributed by atoms with E-state index in [9.17, 15) is 0 Å². The summed E-state index contributed by atoms with van der Waals surface area (Å²) in [5.41, 5.74) is 2.00. The first-order valence-electron chi connectivity index (χ1n) is 4.28. The van der Waals surface area contributed by atoms with Gasteiger partial charge in [-0.25, -0.2) is 0 Å². The van der Waals surface area contributed by atoms with Crippen LogP contribution >= 0.6 is 12.2 Å². The van der Waals surface area contributed by atoms with Crippen molar-refractivity contribution in [1.82, 2.24) is 19.7 Å². The molecule has 0 aliphatic carbocycles. The maximum atomic E-state index is 5.03. The average Bonchev–Trinajstić information content (AvgIpc) is 2.52. The van der Waals surface area contributed by atoms with Crippen LogP contribution in [0, 0.1) is 11.7 Å². The van der Waals surface area contributed by atoms with Gasteiger partial charge < -0.3 is 4.57 Å². The van der Waals surface area contributed by atoms with Crippen LogP contribution in [0.2, 0.25) is 0 Å². The van der Waals surface area contributed by atoms with Crippen molar-refractivity contribution in [1.29, 1.82) is 0 Å². The Morgan fingerprint density at radius 2 is 2.36 bits per heavy atom. The fourth-order valence-electron chi connectivity index (χ4n) is 1.25. The van der Waals surface area contributed by atoms with E-state index in [1.807, 2.05) is 29.7 Å². The number of aromatic amines is 1. The van der Waals surface area contributed by atoms with Crippen molar-refractivity contribution in [3.8, 4) is 0 Å². The lowest BCUT2D eigenvalue weighted by Crippen LogP contribution is -2.01. The van der Waals surface area contributed by atoms with Crippen molar-refractivity contribution in [2.45, 2.75) is 13.5 Å². The number of hydrogen-bond acceptors (Lipinski definition) is 3.